The van der Waals surface area contributed by atoms with Crippen LogP contribution in [0.25, 0.3) is 0 Å². The van der Waals surface area contributed by atoms with Gasteiger partial charge in [0.05, 0.1) is 12.4 Å². The number of sulfonamides is 1. The Balaban J connectivity index is 2.53. The molecule has 0 spiro atoms. The van der Waals surface area contributed by atoms with Crippen molar-refractivity contribution < 1.29 is 13.2 Å². The topological polar surface area (TPSA) is 101 Å². The van der Waals surface area contributed by atoms with Gasteiger partial charge in [0.1, 0.15) is 4.90 Å². The maximum absolute atomic E-state index is 11.8. The fraction of sp³-hybridized carbons (Fsp3) is 0.545. The summed E-state index contributed by atoms with van der Waals surface area (Å²) >= 11 is 5.48. The molecule has 0 aliphatic rings. The number of rotatable bonds is 5. The first-order chi connectivity index (χ1) is 9.10. The summed E-state index contributed by atoms with van der Waals surface area (Å²) in [5.74, 6) is -0.229. The van der Waals surface area contributed by atoms with E-state index < -0.39 is 10.0 Å². The Hall–Kier alpha value is -1.25. The summed E-state index contributed by atoms with van der Waals surface area (Å²) in [6.07, 6.45) is 2.25. The van der Waals surface area contributed by atoms with Crippen LogP contribution in [0.3, 0.4) is 0 Å². The minimum absolute atomic E-state index is 0.00707. The van der Waals surface area contributed by atoms with Gasteiger partial charge in [-0.15, -0.1) is 0 Å². The first-order valence-electron chi connectivity index (χ1n) is 5.88. The minimum Gasteiger partial charge on any atom is -0.351 e. The molecule has 0 aliphatic carbocycles. The summed E-state index contributed by atoms with van der Waals surface area (Å²) < 4.78 is 26.0. The second-order valence-electron chi connectivity index (χ2n) is 5.13. The summed E-state index contributed by atoms with van der Waals surface area (Å²) in [6, 6.07) is 0. The number of carbonyl (C=O) groups is 1. The van der Waals surface area contributed by atoms with Crippen LogP contribution in [-0.4, -0.2) is 36.4 Å². The van der Waals surface area contributed by atoms with Crippen molar-refractivity contribution in [2.24, 2.45) is 0 Å². The molecular weight excluding hydrogens is 304 g/mol. The molecule has 0 fully saturated rings. The van der Waals surface area contributed by atoms with Crippen molar-refractivity contribution in [2.45, 2.75) is 37.6 Å². The van der Waals surface area contributed by atoms with Gasteiger partial charge in [0.25, 0.3) is 0 Å². The molecule has 0 radical (unpaired) electrons. The van der Waals surface area contributed by atoms with Gasteiger partial charge in [-0.1, -0.05) is 0 Å². The second-order valence-corrected chi connectivity index (χ2v) is 7.24. The first kappa shape index (κ1) is 16.8. The Morgan fingerprint density at radius 3 is 2.35 bits per heavy atom. The van der Waals surface area contributed by atoms with Crippen molar-refractivity contribution >= 4 is 27.5 Å². The number of aromatic nitrogens is 2. The molecule has 112 valence electrons. The van der Waals surface area contributed by atoms with Crippen molar-refractivity contribution in [3.63, 3.8) is 0 Å². The fourth-order valence-electron chi connectivity index (χ4n) is 1.30. The molecule has 1 aromatic rings. The molecule has 1 aromatic heterocycles. The smallest absolute Gasteiger partial charge is 0.243 e. The van der Waals surface area contributed by atoms with Gasteiger partial charge in [-0.05, 0) is 32.4 Å². The summed E-state index contributed by atoms with van der Waals surface area (Å²) in [4.78, 5) is 18.6. The highest BCUT2D eigenvalue weighted by Crippen LogP contribution is 2.07. The normalized spacial score (nSPS) is 12.2. The van der Waals surface area contributed by atoms with Crippen LogP contribution in [0, 0.1) is 0 Å². The van der Waals surface area contributed by atoms with Crippen LogP contribution in [-0.2, 0) is 14.8 Å². The van der Waals surface area contributed by atoms with E-state index in [4.69, 9.17) is 11.6 Å². The van der Waals surface area contributed by atoms with E-state index in [0.717, 1.165) is 12.4 Å². The third-order valence-corrected chi connectivity index (χ3v) is 3.68. The highest BCUT2D eigenvalue weighted by Gasteiger charge is 2.17. The number of carbonyl (C=O) groups excluding carboxylic acids is 1. The van der Waals surface area contributed by atoms with Gasteiger partial charge in [-0.3, -0.25) is 4.79 Å². The number of halogens is 1. The number of nitrogens with zero attached hydrogens (tertiary/aromatic N) is 2. The molecule has 0 atom stereocenters. The van der Waals surface area contributed by atoms with Gasteiger partial charge in [0.15, 0.2) is 0 Å². The van der Waals surface area contributed by atoms with E-state index in [-0.39, 0.29) is 34.6 Å². The Bertz CT molecular complexity index is 566. The number of amides is 1. The van der Waals surface area contributed by atoms with E-state index in [2.05, 4.69) is 20.0 Å². The lowest BCUT2D eigenvalue weighted by Gasteiger charge is -2.20. The molecule has 0 saturated heterocycles. The van der Waals surface area contributed by atoms with Crippen molar-refractivity contribution in [2.75, 3.05) is 6.54 Å². The Labute approximate surface area is 123 Å². The molecule has 7 nitrogen and oxygen atoms in total. The summed E-state index contributed by atoms with van der Waals surface area (Å²) in [7, 11) is -3.73. The van der Waals surface area contributed by atoms with Crippen molar-refractivity contribution in [3.05, 3.63) is 17.7 Å². The van der Waals surface area contributed by atoms with E-state index >= 15 is 0 Å². The molecule has 0 bridgehead atoms. The van der Waals surface area contributed by atoms with E-state index in [1.165, 1.54) is 0 Å². The zero-order valence-electron chi connectivity index (χ0n) is 11.5. The van der Waals surface area contributed by atoms with Gasteiger partial charge in [-0.25, -0.2) is 23.1 Å². The SMILES string of the molecule is CC(C)(C)NC(=O)CCNS(=O)(=O)c1cnc(Cl)nc1. The summed E-state index contributed by atoms with van der Waals surface area (Å²) in [5.41, 5.74) is -0.347. The molecule has 0 aliphatic heterocycles. The molecular formula is C11H17ClN4O3S. The number of nitrogens with one attached hydrogen (secondary N) is 2. The highest BCUT2D eigenvalue weighted by atomic mass is 35.5. The largest absolute Gasteiger partial charge is 0.351 e. The van der Waals surface area contributed by atoms with Gasteiger partial charge in [0.2, 0.25) is 21.2 Å². The molecule has 20 heavy (non-hydrogen) atoms. The third kappa shape index (κ3) is 5.81. The van der Waals surface area contributed by atoms with Crippen molar-refractivity contribution in [1.29, 1.82) is 0 Å². The lowest BCUT2D eigenvalue weighted by atomic mass is 10.1. The quantitative estimate of drug-likeness (QED) is 0.778. The van der Waals surface area contributed by atoms with E-state index in [1.54, 1.807) is 0 Å². The van der Waals surface area contributed by atoms with Crippen LogP contribution in [0.15, 0.2) is 17.3 Å². The monoisotopic (exact) mass is 320 g/mol. The zero-order valence-corrected chi connectivity index (χ0v) is 13.0. The minimum atomic E-state index is -3.73. The molecule has 0 unspecified atom stereocenters. The fourth-order valence-corrected chi connectivity index (χ4v) is 2.32. The summed E-state index contributed by atoms with van der Waals surface area (Å²) in [5, 5.41) is 2.70. The third-order valence-electron chi connectivity index (χ3n) is 2.07. The lowest BCUT2D eigenvalue weighted by Crippen LogP contribution is -2.41. The first-order valence-corrected chi connectivity index (χ1v) is 7.74. The van der Waals surface area contributed by atoms with Gasteiger partial charge < -0.3 is 5.32 Å². The standard InChI is InChI=1S/C11H17ClN4O3S/c1-11(2,3)16-9(17)4-5-15-20(18,19)8-6-13-10(12)14-7-8/h6-7,15H,4-5H2,1-3H3,(H,16,17). The van der Waals surface area contributed by atoms with E-state index in [0.29, 0.717) is 0 Å². The van der Waals surface area contributed by atoms with Crippen molar-refractivity contribution in [1.82, 2.24) is 20.0 Å². The highest BCUT2D eigenvalue weighted by molar-refractivity contribution is 7.89. The predicted octanol–water partition coefficient (Wildman–Crippen LogP) is 0.713. The van der Waals surface area contributed by atoms with E-state index in [9.17, 15) is 13.2 Å². The van der Waals surface area contributed by atoms with Crippen LogP contribution < -0.4 is 10.0 Å². The average molecular weight is 321 g/mol. The van der Waals surface area contributed by atoms with E-state index in [1.807, 2.05) is 20.8 Å². The molecule has 1 amide bonds. The second kappa shape index (κ2) is 6.47. The van der Waals surface area contributed by atoms with Gasteiger partial charge in [-0.2, -0.15) is 0 Å². The molecule has 9 heteroatoms. The molecule has 0 saturated carbocycles. The number of hydrogen-bond donors (Lipinski definition) is 2. The zero-order chi connectivity index (χ0) is 15.4. The summed E-state index contributed by atoms with van der Waals surface area (Å²) in [6.45, 7) is 5.53. The van der Waals surface area contributed by atoms with Crippen LogP contribution in [0.5, 0.6) is 0 Å². The van der Waals surface area contributed by atoms with Crippen molar-refractivity contribution in [3.8, 4) is 0 Å². The Kier molecular flexibility index (Phi) is 5.43. The number of hydrogen-bond acceptors (Lipinski definition) is 5. The maximum atomic E-state index is 11.8. The molecule has 0 aromatic carbocycles. The van der Waals surface area contributed by atoms with Crippen LogP contribution in [0.1, 0.15) is 27.2 Å². The van der Waals surface area contributed by atoms with Crippen LogP contribution >= 0.6 is 11.6 Å². The maximum Gasteiger partial charge on any atom is 0.243 e. The van der Waals surface area contributed by atoms with Crippen LogP contribution in [0.2, 0.25) is 5.28 Å². The predicted molar refractivity (Wildman–Crippen MR) is 74.7 cm³/mol. The lowest BCUT2D eigenvalue weighted by molar-refractivity contribution is -0.122. The molecule has 2 N–H and O–H groups in total. The molecule has 1 heterocycles. The Morgan fingerprint density at radius 2 is 1.85 bits per heavy atom. The van der Waals surface area contributed by atoms with Gasteiger partial charge in [0, 0.05) is 18.5 Å². The molecule has 1 rings (SSSR count). The average Bonchev–Trinajstić information content (AvgIpc) is 2.26. The van der Waals surface area contributed by atoms with Crippen LogP contribution in [0.4, 0.5) is 0 Å². The Morgan fingerprint density at radius 1 is 1.30 bits per heavy atom. The van der Waals surface area contributed by atoms with Gasteiger partial charge >= 0.3 is 0 Å².